The zero-order chi connectivity index (χ0) is 17.2. The van der Waals surface area contributed by atoms with Crippen molar-refractivity contribution in [2.45, 2.75) is 44.8 Å². The van der Waals surface area contributed by atoms with Gasteiger partial charge >= 0.3 is 5.97 Å². The summed E-state index contributed by atoms with van der Waals surface area (Å²) in [5.74, 6) is 0.134. The molecule has 5 nitrogen and oxygen atoms in total. The fourth-order valence-corrected chi connectivity index (χ4v) is 5.45. The van der Waals surface area contributed by atoms with Gasteiger partial charge in [-0.25, -0.2) is 0 Å². The van der Waals surface area contributed by atoms with E-state index in [2.05, 4.69) is 0 Å². The first-order valence-electron chi connectivity index (χ1n) is 8.46. The number of fused-ring (bicyclic) bond motifs is 3. The molecule has 1 aromatic rings. The molecule has 0 aromatic heterocycles. The van der Waals surface area contributed by atoms with E-state index in [1.54, 1.807) is 7.11 Å². The fraction of sp³-hybridized carbons (Fsp3) is 0.579. The molecule has 2 bridgehead atoms. The predicted octanol–water partition coefficient (Wildman–Crippen LogP) is 1.77. The third-order valence-electron chi connectivity index (χ3n) is 6.69. The largest absolute Gasteiger partial charge is 0.496 e. The highest BCUT2D eigenvalue weighted by molar-refractivity contribution is 5.85. The molecule has 0 spiro atoms. The number of aliphatic hydroxyl groups excluding tert-OH is 1. The number of aliphatic hydroxyl groups is 1. The van der Waals surface area contributed by atoms with Gasteiger partial charge in [0.1, 0.15) is 18.1 Å². The molecule has 5 rings (SSSR count). The van der Waals surface area contributed by atoms with Crippen molar-refractivity contribution < 1.29 is 24.2 Å². The van der Waals surface area contributed by atoms with Crippen LogP contribution in [0.5, 0.6) is 5.75 Å². The second-order valence-electron chi connectivity index (χ2n) is 7.37. The van der Waals surface area contributed by atoms with Gasteiger partial charge in [-0.15, -0.1) is 0 Å². The van der Waals surface area contributed by atoms with Gasteiger partial charge < -0.3 is 19.4 Å². The van der Waals surface area contributed by atoms with Crippen molar-refractivity contribution >= 4 is 12.3 Å². The Bertz CT molecular complexity index is 727. The molecule has 24 heavy (non-hydrogen) atoms. The molecule has 2 unspecified atom stereocenters. The van der Waals surface area contributed by atoms with Crippen LogP contribution < -0.4 is 4.74 Å². The average molecular weight is 330 g/mol. The van der Waals surface area contributed by atoms with Gasteiger partial charge in [-0.2, -0.15) is 0 Å². The van der Waals surface area contributed by atoms with E-state index in [9.17, 15) is 14.7 Å². The highest BCUT2D eigenvalue weighted by Crippen LogP contribution is 2.64. The number of benzene rings is 1. The molecule has 1 N–H and O–H groups in total. The zero-order valence-corrected chi connectivity index (χ0v) is 14.1. The Balaban J connectivity index is 1.93. The number of rotatable bonds is 3. The van der Waals surface area contributed by atoms with Gasteiger partial charge in [-0.3, -0.25) is 4.79 Å². The van der Waals surface area contributed by atoms with Gasteiger partial charge in [0.25, 0.3) is 0 Å². The van der Waals surface area contributed by atoms with Gasteiger partial charge in [0.05, 0.1) is 18.6 Å². The Kier molecular flexibility index (Phi) is 3.29. The summed E-state index contributed by atoms with van der Waals surface area (Å²) in [5.41, 5.74) is 2.39. The molecule has 2 heterocycles. The van der Waals surface area contributed by atoms with Crippen molar-refractivity contribution in [2.75, 3.05) is 7.11 Å². The Labute approximate surface area is 141 Å². The number of carbonyl (C=O) groups is 2. The number of hydrogen-bond donors (Lipinski definition) is 1. The van der Waals surface area contributed by atoms with E-state index < -0.39 is 17.6 Å². The lowest BCUT2D eigenvalue weighted by molar-refractivity contribution is -0.234. The summed E-state index contributed by atoms with van der Waals surface area (Å²) in [7, 11) is 1.65. The Morgan fingerprint density at radius 3 is 2.88 bits per heavy atom. The SMILES string of the molecule is COc1ccc2c(c1C)C[C@H]1[C@@H]2[C@]2(CC=O)C(=O)O[C@H]1C(O)C2C. The lowest BCUT2D eigenvalue weighted by atomic mass is 9.52. The number of aldehydes is 1. The first-order valence-corrected chi connectivity index (χ1v) is 8.46. The number of esters is 1. The topological polar surface area (TPSA) is 72.8 Å². The number of hydrogen-bond acceptors (Lipinski definition) is 5. The quantitative estimate of drug-likeness (QED) is 0.675. The van der Waals surface area contributed by atoms with E-state index in [4.69, 9.17) is 9.47 Å². The molecular weight excluding hydrogens is 308 g/mol. The van der Waals surface area contributed by atoms with Crippen LogP contribution in [0.2, 0.25) is 0 Å². The Morgan fingerprint density at radius 1 is 1.46 bits per heavy atom. The van der Waals surface area contributed by atoms with Crippen molar-refractivity contribution in [1.82, 2.24) is 0 Å². The summed E-state index contributed by atoms with van der Waals surface area (Å²) in [4.78, 5) is 24.2. The van der Waals surface area contributed by atoms with E-state index in [0.717, 1.165) is 29.6 Å². The minimum absolute atomic E-state index is 0.0228. The number of methoxy groups -OCH3 is 1. The summed E-state index contributed by atoms with van der Waals surface area (Å²) < 4.78 is 11.0. The fourth-order valence-electron chi connectivity index (χ4n) is 5.45. The summed E-state index contributed by atoms with van der Waals surface area (Å²) in [6.07, 6.45) is 0.402. The lowest BCUT2D eigenvalue weighted by Crippen LogP contribution is -2.66. The second-order valence-corrected chi connectivity index (χ2v) is 7.37. The first kappa shape index (κ1) is 15.6. The first-order chi connectivity index (χ1) is 11.5. The van der Waals surface area contributed by atoms with E-state index in [-0.39, 0.29) is 30.1 Å². The normalized spacial score (nSPS) is 39.2. The molecule has 3 fully saturated rings. The molecule has 2 aliphatic heterocycles. The highest BCUT2D eigenvalue weighted by Gasteiger charge is 2.69. The third kappa shape index (κ3) is 1.63. The van der Waals surface area contributed by atoms with Crippen LogP contribution in [0.4, 0.5) is 0 Å². The number of ether oxygens (including phenoxy) is 2. The van der Waals surface area contributed by atoms with E-state index in [0.29, 0.717) is 0 Å². The zero-order valence-electron chi connectivity index (χ0n) is 14.1. The predicted molar refractivity (Wildman–Crippen MR) is 85.8 cm³/mol. The molecular formula is C19H22O5. The minimum atomic E-state index is -0.965. The average Bonchev–Trinajstić information content (AvgIpc) is 2.96. The monoisotopic (exact) mass is 330 g/mol. The second kappa shape index (κ2) is 5.06. The van der Waals surface area contributed by atoms with Gasteiger partial charge in [0, 0.05) is 24.2 Å². The molecule has 6 atom stereocenters. The van der Waals surface area contributed by atoms with Gasteiger partial charge in [0.2, 0.25) is 0 Å². The summed E-state index contributed by atoms with van der Waals surface area (Å²) >= 11 is 0. The van der Waals surface area contributed by atoms with E-state index in [1.165, 1.54) is 5.56 Å². The van der Waals surface area contributed by atoms with Crippen LogP contribution in [0.25, 0.3) is 0 Å². The maximum absolute atomic E-state index is 12.8. The molecule has 4 aliphatic rings. The van der Waals surface area contributed by atoms with Crippen LogP contribution in [-0.2, 0) is 20.7 Å². The van der Waals surface area contributed by atoms with Crippen LogP contribution in [0.3, 0.4) is 0 Å². The van der Waals surface area contributed by atoms with Crippen LogP contribution in [0, 0.1) is 24.2 Å². The molecule has 2 aliphatic carbocycles. The summed E-state index contributed by atoms with van der Waals surface area (Å²) in [5, 5.41) is 10.7. The van der Waals surface area contributed by atoms with Crippen molar-refractivity contribution in [1.29, 1.82) is 0 Å². The van der Waals surface area contributed by atoms with Gasteiger partial charge in [-0.1, -0.05) is 13.0 Å². The maximum atomic E-state index is 12.8. The van der Waals surface area contributed by atoms with Crippen LogP contribution >= 0.6 is 0 Å². The van der Waals surface area contributed by atoms with E-state index >= 15 is 0 Å². The lowest BCUT2D eigenvalue weighted by Gasteiger charge is -2.57. The van der Waals surface area contributed by atoms with Crippen molar-refractivity contribution in [2.24, 2.45) is 17.3 Å². The van der Waals surface area contributed by atoms with Crippen LogP contribution in [0.15, 0.2) is 12.1 Å². The molecule has 2 saturated heterocycles. The highest BCUT2D eigenvalue weighted by atomic mass is 16.6. The Hall–Kier alpha value is -1.88. The maximum Gasteiger partial charge on any atom is 0.313 e. The van der Waals surface area contributed by atoms with Crippen molar-refractivity contribution in [3.63, 3.8) is 0 Å². The smallest absolute Gasteiger partial charge is 0.313 e. The van der Waals surface area contributed by atoms with Gasteiger partial charge in [-0.05, 0) is 36.1 Å². The van der Waals surface area contributed by atoms with Crippen molar-refractivity contribution in [3.8, 4) is 5.75 Å². The minimum Gasteiger partial charge on any atom is -0.496 e. The van der Waals surface area contributed by atoms with E-state index in [1.807, 2.05) is 26.0 Å². The van der Waals surface area contributed by atoms with Gasteiger partial charge in [0.15, 0.2) is 0 Å². The van der Waals surface area contributed by atoms with Crippen molar-refractivity contribution in [3.05, 3.63) is 28.8 Å². The summed E-state index contributed by atoms with van der Waals surface area (Å²) in [6, 6.07) is 3.95. The summed E-state index contributed by atoms with van der Waals surface area (Å²) in [6.45, 7) is 3.89. The standard InChI is InChI=1S/C19H22O5/c1-9-12-8-13-15(11(12)4-5-14(9)23-3)19(6-7-20)10(2)16(21)17(13)24-18(19)22/h4-5,7,10,13,15-17,21H,6,8H2,1-3H3/t10?,13-,15+,16?,17+,19+/m0/s1. The molecule has 5 heteroatoms. The Morgan fingerprint density at radius 2 is 2.21 bits per heavy atom. The molecule has 0 amide bonds. The molecule has 1 saturated carbocycles. The number of carbonyl (C=O) groups excluding carboxylic acids is 2. The molecule has 1 aromatic carbocycles. The molecule has 128 valence electrons. The third-order valence-corrected chi connectivity index (χ3v) is 6.69. The van der Waals surface area contributed by atoms with Crippen LogP contribution in [0.1, 0.15) is 36.0 Å². The molecule has 0 radical (unpaired) electrons. The van der Waals surface area contributed by atoms with Crippen LogP contribution in [-0.4, -0.2) is 36.7 Å².